The lowest BCUT2D eigenvalue weighted by Crippen LogP contribution is -2.03. The van der Waals surface area contributed by atoms with Gasteiger partial charge in [-0.2, -0.15) is 0 Å². The van der Waals surface area contributed by atoms with Crippen molar-refractivity contribution in [2.75, 3.05) is 0 Å². The Morgan fingerprint density at radius 2 is 1.60 bits per heavy atom. The molecule has 0 aromatic heterocycles. The summed E-state index contributed by atoms with van der Waals surface area (Å²) in [6.45, 7) is 0.0349. The number of ether oxygens (including phenoxy) is 1. The number of carboxylic acid groups (broad SMARTS) is 1. The van der Waals surface area contributed by atoms with Gasteiger partial charge in [-0.1, -0.05) is 36.4 Å². The number of hydrogen-bond acceptors (Lipinski definition) is 2. The summed E-state index contributed by atoms with van der Waals surface area (Å²) in [6, 6.07) is 15.7. The molecule has 128 valence electrons. The molecule has 0 spiro atoms. The maximum absolute atomic E-state index is 14.1. The number of carboxylic acids is 1. The van der Waals surface area contributed by atoms with Crippen molar-refractivity contribution in [3.63, 3.8) is 0 Å². The van der Waals surface area contributed by atoms with Gasteiger partial charge in [-0.3, -0.25) is 4.79 Å². The normalized spacial score (nSPS) is 10.8. The van der Waals surface area contributed by atoms with Gasteiger partial charge in [-0.05, 0) is 46.5 Å². The van der Waals surface area contributed by atoms with E-state index in [0.29, 0.717) is 0 Å². The molecule has 0 aliphatic carbocycles. The van der Waals surface area contributed by atoms with E-state index in [-0.39, 0.29) is 25.0 Å². The second-order valence-corrected chi connectivity index (χ2v) is 5.75. The molecule has 1 N–H and O–H groups in total. The topological polar surface area (TPSA) is 46.5 Å². The minimum absolute atomic E-state index is 0.0349. The lowest BCUT2D eigenvalue weighted by atomic mass is 10.1. The Hall–Kier alpha value is -2.95. The summed E-state index contributed by atoms with van der Waals surface area (Å²) in [5.74, 6) is -3.13. The molecule has 0 aliphatic rings. The summed E-state index contributed by atoms with van der Waals surface area (Å²) in [4.78, 5) is 10.5. The van der Waals surface area contributed by atoms with Gasteiger partial charge in [0.05, 0.1) is 0 Å². The minimum atomic E-state index is -1.02. The van der Waals surface area contributed by atoms with E-state index in [1.54, 1.807) is 0 Å². The first-order valence-electron chi connectivity index (χ1n) is 7.83. The van der Waals surface area contributed by atoms with Gasteiger partial charge in [-0.15, -0.1) is 0 Å². The molecule has 0 radical (unpaired) electrons. The van der Waals surface area contributed by atoms with E-state index in [0.717, 1.165) is 28.5 Å². The van der Waals surface area contributed by atoms with Crippen molar-refractivity contribution in [2.24, 2.45) is 0 Å². The van der Waals surface area contributed by atoms with Crippen molar-refractivity contribution < 1.29 is 23.4 Å². The standard InChI is InChI=1S/C20H16F2O3/c21-17-10-13(6-8-19(23)24)11-18(22)20(17)25-12-14-5-7-15-3-1-2-4-16(15)9-14/h1-5,7,9-11H,6,8,12H2,(H,23,24). The number of halogens is 2. The molecule has 0 saturated heterocycles. The van der Waals surface area contributed by atoms with Crippen molar-refractivity contribution in [1.29, 1.82) is 0 Å². The highest BCUT2D eigenvalue weighted by atomic mass is 19.1. The van der Waals surface area contributed by atoms with Crippen LogP contribution in [0, 0.1) is 11.6 Å². The van der Waals surface area contributed by atoms with Crippen molar-refractivity contribution in [2.45, 2.75) is 19.4 Å². The van der Waals surface area contributed by atoms with Crippen LogP contribution in [0.15, 0.2) is 54.6 Å². The van der Waals surface area contributed by atoms with Crippen LogP contribution in [0.5, 0.6) is 5.75 Å². The van der Waals surface area contributed by atoms with Gasteiger partial charge in [0.25, 0.3) is 0 Å². The number of hydrogen-bond donors (Lipinski definition) is 1. The fourth-order valence-electron chi connectivity index (χ4n) is 2.63. The van der Waals surface area contributed by atoms with Crippen LogP contribution >= 0.6 is 0 Å². The zero-order valence-corrected chi connectivity index (χ0v) is 13.3. The molecule has 3 aromatic carbocycles. The highest BCUT2D eigenvalue weighted by Gasteiger charge is 2.13. The molecule has 0 aliphatic heterocycles. The molecule has 3 aromatic rings. The average molecular weight is 342 g/mol. The van der Waals surface area contributed by atoms with Crippen LogP contribution < -0.4 is 4.74 Å². The second kappa shape index (κ2) is 7.30. The van der Waals surface area contributed by atoms with Crippen LogP contribution in [0.4, 0.5) is 8.78 Å². The second-order valence-electron chi connectivity index (χ2n) is 5.75. The maximum atomic E-state index is 14.1. The summed E-state index contributed by atoms with van der Waals surface area (Å²) < 4.78 is 33.5. The van der Waals surface area contributed by atoms with E-state index in [4.69, 9.17) is 9.84 Å². The Morgan fingerprint density at radius 3 is 2.28 bits per heavy atom. The van der Waals surface area contributed by atoms with E-state index in [9.17, 15) is 13.6 Å². The summed E-state index contributed by atoms with van der Waals surface area (Å²) in [7, 11) is 0. The molecule has 3 rings (SSSR count). The van der Waals surface area contributed by atoms with E-state index >= 15 is 0 Å². The molecule has 0 amide bonds. The molecule has 0 fully saturated rings. The third-order valence-electron chi connectivity index (χ3n) is 3.88. The minimum Gasteiger partial charge on any atom is -0.483 e. The number of carbonyl (C=O) groups is 1. The Labute approximate surface area is 143 Å². The third kappa shape index (κ3) is 4.12. The lowest BCUT2D eigenvalue weighted by Gasteiger charge is -2.11. The predicted octanol–water partition coefficient (Wildman–Crippen LogP) is 4.71. The van der Waals surface area contributed by atoms with Crippen molar-refractivity contribution >= 4 is 16.7 Å². The number of aryl methyl sites for hydroxylation is 1. The van der Waals surface area contributed by atoms with E-state index < -0.39 is 23.4 Å². The summed E-state index contributed by atoms with van der Waals surface area (Å²) in [5, 5.41) is 10.7. The third-order valence-corrected chi connectivity index (χ3v) is 3.88. The quantitative estimate of drug-likeness (QED) is 0.705. The Morgan fingerprint density at radius 1 is 0.920 bits per heavy atom. The monoisotopic (exact) mass is 342 g/mol. The zero-order valence-electron chi connectivity index (χ0n) is 13.3. The van der Waals surface area contributed by atoms with E-state index in [1.807, 2.05) is 42.5 Å². The molecule has 0 saturated carbocycles. The molecule has 0 atom stereocenters. The van der Waals surface area contributed by atoms with Gasteiger partial charge in [0.2, 0.25) is 0 Å². The van der Waals surface area contributed by atoms with Gasteiger partial charge in [0, 0.05) is 6.42 Å². The number of aliphatic carboxylic acids is 1. The summed E-state index contributed by atoms with van der Waals surface area (Å²) in [6.07, 6.45) is -0.121. The fraction of sp³-hybridized carbons (Fsp3) is 0.150. The SMILES string of the molecule is O=C(O)CCc1cc(F)c(OCc2ccc3ccccc3c2)c(F)c1. The largest absolute Gasteiger partial charge is 0.483 e. The number of fused-ring (bicyclic) bond motifs is 1. The highest BCUT2D eigenvalue weighted by molar-refractivity contribution is 5.82. The molecular formula is C20H16F2O3. The van der Waals surface area contributed by atoms with Crippen LogP contribution in [-0.4, -0.2) is 11.1 Å². The van der Waals surface area contributed by atoms with Crippen LogP contribution in [-0.2, 0) is 17.8 Å². The average Bonchev–Trinajstić information content (AvgIpc) is 2.59. The first-order valence-corrected chi connectivity index (χ1v) is 7.83. The van der Waals surface area contributed by atoms with Crippen molar-refractivity contribution in [3.8, 4) is 5.75 Å². The van der Waals surface area contributed by atoms with Gasteiger partial charge in [0.1, 0.15) is 6.61 Å². The molecule has 25 heavy (non-hydrogen) atoms. The number of benzene rings is 3. The summed E-state index contributed by atoms with van der Waals surface area (Å²) >= 11 is 0. The van der Waals surface area contributed by atoms with Crippen LogP contribution in [0.2, 0.25) is 0 Å². The molecule has 3 nitrogen and oxygen atoms in total. The highest BCUT2D eigenvalue weighted by Crippen LogP contribution is 2.25. The predicted molar refractivity (Wildman–Crippen MR) is 90.6 cm³/mol. The summed E-state index contributed by atoms with van der Waals surface area (Å²) in [5.41, 5.74) is 1.09. The van der Waals surface area contributed by atoms with Gasteiger partial charge >= 0.3 is 5.97 Å². The fourth-order valence-corrected chi connectivity index (χ4v) is 2.63. The van der Waals surface area contributed by atoms with Crippen LogP contribution in [0.3, 0.4) is 0 Å². The Balaban J connectivity index is 1.74. The van der Waals surface area contributed by atoms with Crippen molar-refractivity contribution in [1.82, 2.24) is 0 Å². The molecule has 0 heterocycles. The van der Waals surface area contributed by atoms with Crippen LogP contribution in [0.25, 0.3) is 10.8 Å². The molecule has 5 heteroatoms. The first-order chi connectivity index (χ1) is 12.0. The maximum Gasteiger partial charge on any atom is 0.303 e. The smallest absolute Gasteiger partial charge is 0.303 e. The van der Waals surface area contributed by atoms with Crippen LogP contribution in [0.1, 0.15) is 17.5 Å². The zero-order chi connectivity index (χ0) is 17.8. The van der Waals surface area contributed by atoms with Crippen molar-refractivity contribution in [3.05, 3.63) is 77.4 Å². The molecule has 0 bridgehead atoms. The van der Waals surface area contributed by atoms with E-state index in [2.05, 4.69) is 0 Å². The Kier molecular flexibility index (Phi) is 4.93. The van der Waals surface area contributed by atoms with Gasteiger partial charge < -0.3 is 9.84 Å². The number of rotatable bonds is 6. The van der Waals surface area contributed by atoms with Gasteiger partial charge in [0.15, 0.2) is 17.4 Å². The first kappa shape index (κ1) is 16.9. The van der Waals surface area contributed by atoms with Gasteiger partial charge in [-0.25, -0.2) is 8.78 Å². The lowest BCUT2D eigenvalue weighted by molar-refractivity contribution is -0.136. The Bertz CT molecular complexity index is 899. The van der Waals surface area contributed by atoms with E-state index in [1.165, 1.54) is 0 Å². The molecular weight excluding hydrogens is 326 g/mol. The molecule has 0 unspecified atom stereocenters.